The Labute approximate surface area is 177 Å². The number of hydrogen-bond donors (Lipinski definition) is 1. The number of carbonyl (C=O) groups excluding carboxylic acids is 1. The average molecular weight is 420 g/mol. The third kappa shape index (κ3) is 4.07. The fourth-order valence-electron chi connectivity index (χ4n) is 3.61. The van der Waals surface area contributed by atoms with Crippen molar-refractivity contribution < 1.29 is 9.18 Å². The van der Waals surface area contributed by atoms with Crippen LogP contribution in [0.3, 0.4) is 0 Å². The number of halogens is 1. The molecule has 158 valence electrons. The summed E-state index contributed by atoms with van der Waals surface area (Å²) in [6, 6.07) is 10.3. The second kappa shape index (κ2) is 8.10. The van der Waals surface area contributed by atoms with Crippen molar-refractivity contribution in [3.63, 3.8) is 0 Å². The van der Waals surface area contributed by atoms with Gasteiger partial charge >= 0.3 is 0 Å². The zero-order chi connectivity index (χ0) is 22.1. The zero-order valence-corrected chi connectivity index (χ0v) is 17.4. The van der Waals surface area contributed by atoms with Crippen LogP contribution in [-0.2, 0) is 17.9 Å². The number of aromatic nitrogens is 5. The minimum Gasteiger partial charge on any atom is -0.324 e. The smallest absolute Gasteiger partial charge is 0.283 e. The Morgan fingerprint density at radius 3 is 2.55 bits per heavy atom. The fourth-order valence-corrected chi connectivity index (χ4v) is 3.61. The van der Waals surface area contributed by atoms with Crippen LogP contribution in [0.1, 0.15) is 22.3 Å². The minimum absolute atomic E-state index is 0.0225. The first kappa shape index (κ1) is 20.4. The highest BCUT2D eigenvalue weighted by Gasteiger charge is 2.16. The Morgan fingerprint density at radius 2 is 1.84 bits per heavy atom. The van der Waals surface area contributed by atoms with Crippen molar-refractivity contribution in [2.45, 2.75) is 33.9 Å². The van der Waals surface area contributed by atoms with Crippen LogP contribution >= 0.6 is 0 Å². The third-order valence-corrected chi connectivity index (χ3v) is 5.03. The topological polar surface area (TPSA) is 94.7 Å². The van der Waals surface area contributed by atoms with Crippen molar-refractivity contribution in [1.29, 1.82) is 0 Å². The zero-order valence-electron chi connectivity index (χ0n) is 17.4. The quantitative estimate of drug-likeness (QED) is 0.536. The Kier molecular flexibility index (Phi) is 5.33. The van der Waals surface area contributed by atoms with Gasteiger partial charge in [0.05, 0.1) is 6.54 Å². The summed E-state index contributed by atoms with van der Waals surface area (Å²) in [5, 5.41) is 10.7. The van der Waals surface area contributed by atoms with Crippen molar-refractivity contribution in [3.8, 4) is 0 Å². The molecule has 0 bridgehead atoms. The predicted octanol–water partition coefficient (Wildman–Crippen LogP) is 2.74. The standard InChI is InChI=1S/C22H21FN6O2/c1-13-8-14(2)19(15(3)9-13)25-18(30)11-28-12-24-21-20(22(28)31)26-27-29(21)10-16-6-4-5-7-17(16)23/h4-9,12H,10-11H2,1-3H3,(H,25,30). The molecule has 2 aromatic carbocycles. The summed E-state index contributed by atoms with van der Waals surface area (Å²) in [7, 11) is 0. The highest BCUT2D eigenvalue weighted by Crippen LogP contribution is 2.21. The number of hydrogen-bond acceptors (Lipinski definition) is 5. The van der Waals surface area contributed by atoms with Gasteiger partial charge in [-0.25, -0.2) is 14.1 Å². The molecule has 0 spiro atoms. The number of rotatable bonds is 5. The second-order valence-corrected chi connectivity index (χ2v) is 7.51. The van der Waals surface area contributed by atoms with E-state index in [9.17, 15) is 14.0 Å². The SMILES string of the molecule is Cc1cc(C)c(NC(=O)Cn2cnc3c(nnn3Cc3ccccc3F)c2=O)c(C)c1. The van der Waals surface area contributed by atoms with Crippen LogP contribution in [0.4, 0.5) is 10.1 Å². The van der Waals surface area contributed by atoms with E-state index in [0.29, 0.717) is 5.56 Å². The third-order valence-electron chi connectivity index (χ3n) is 5.03. The molecule has 8 nitrogen and oxygen atoms in total. The first-order valence-corrected chi connectivity index (χ1v) is 9.73. The van der Waals surface area contributed by atoms with Gasteiger partial charge in [0.1, 0.15) is 18.7 Å². The largest absolute Gasteiger partial charge is 0.324 e. The van der Waals surface area contributed by atoms with Gasteiger partial charge in [-0.1, -0.05) is 41.1 Å². The Bertz CT molecular complexity index is 1330. The summed E-state index contributed by atoms with van der Waals surface area (Å²) in [5.74, 6) is -0.727. The normalized spacial score (nSPS) is 11.1. The maximum atomic E-state index is 13.9. The summed E-state index contributed by atoms with van der Waals surface area (Å²) >= 11 is 0. The van der Waals surface area contributed by atoms with Crippen molar-refractivity contribution in [2.75, 3.05) is 5.32 Å². The Hall–Kier alpha value is -3.88. The number of amides is 1. The van der Waals surface area contributed by atoms with Crippen LogP contribution in [-0.4, -0.2) is 30.5 Å². The van der Waals surface area contributed by atoms with Gasteiger partial charge in [0.25, 0.3) is 5.56 Å². The van der Waals surface area contributed by atoms with E-state index in [1.165, 1.54) is 21.6 Å². The number of aryl methyl sites for hydroxylation is 3. The molecule has 2 heterocycles. The number of nitrogens with zero attached hydrogens (tertiary/aromatic N) is 5. The molecular weight excluding hydrogens is 399 g/mol. The van der Waals surface area contributed by atoms with Gasteiger partial charge in [0.2, 0.25) is 5.91 Å². The van der Waals surface area contributed by atoms with E-state index < -0.39 is 5.56 Å². The molecule has 0 saturated heterocycles. The molecule has 1 N–H and O–H groups in total. The summed E-state index contributed by atoms with van der Waals surface area (Å²) < 4.78 is 16.5. The molecule has 0 radical (unpaired) electrons. The molecule has 4 rings (SSSR count). The first-order chi connectivity index (χ1) is 14.8. The lowest BCUT2D eigenvalue weighted by Gasteiger charge is -2.13. The monoisotopic (exact) mass is 420 g/mol. The van der Waals surface area contributed by atoms with Gasteiger partial charge in [-0.3, -0.25) is 14.2 Å². The lowest BCUT2D eigenvalue weighted by Crippen LogP contribution is -2.28. The van der Waals surface area contributed by atoms with E-state index in [2.05, 4.69) is 20.6 Å². The highest BCUT2D eigenvalue weighted by molar-refractivity contribution is 5.92. The molecule has 0 unspecified atom stereocenters. The second-order valence-electron chi connectivity index (χ2n) is 7.51. The summed E-state index contributed by atoms with van der Waals surface area (Å²) in [6.45, 7) is 5.71. The van der Waals surface area contributed by atoms with Crippen molar-refractivity contribution in [2.24, 2.45) is 0 Å². The van der Waals surface area contributed by atoms with E-state index >= 15 is 0 Å². The van der Waals surface area contributed by atoms with E-state index in [4.69, 9.17) is 0 Å². The van der Waals surface area contributed by atoms with Crippen molar-refractivity contribution in [3.05, 3.63) is 81.2 Å². The maximum Gasteiger partial charge on any atom is 0.283 e. The number of nitrogens with one attached hydrogen (secondary N) is 1. The minimum atomic E-state index is -0.489. The van der Waals surface area contributed by atoms with Crippen LogP contribution in [0.25, 0.3) is 11.2 Å². The molecule has 0 aliphatic carbocycles. The van der Waals surface area contributed by atoms with E-state index in [0.717, 1.165) is 22.4 Å². The number of carbonyl (C=O) groups is 1. The Morgan fingerprint density at radius 1 is 1.13 bits per heavy atom. The average Bonchev–Trinajstić information content (AvgIpc) is 3.12. The van der Waals surface area contributed by atoms with Gasteiger partial charge in [-0.15, -0.1) is 5.10 Å². The lowest BCUT2D eigenvalue weighted by atomic mass is 10.1. The molecule has 0 saturated carbocycles. The number of benzene rings is 2. The molecular formula is C22H21FN6O2. The fraction of sp³-hybridized carbons (Fsp3) is 0.227. The first-order valence-electron chi connectivity index (χ1n) is 9.73. The summed E-state index contributed by atoms with van der Waals surface area (Å²) in [4.78, 5) is 29.6. The van der Waals surface area contributed by atoms with Crippen molar-refractivity contribution in [1.82, 2.24) is 24.5 Å². The molecule has 0 aliphatic rings. The van der Waals surface area contributed by atoms with Crippen LogP contribution < -0.4 is 10.9 Å². The molecule has 0 aliphatic heterocycles. The van der Waals surface area contributed by atoms with Crippen LogP contribution in [0, 0.1) is 26.6 Å². The van der Waals surface area contributed by atoms with Gasteiger partial charge in [0.15, 0.2) is 11.2 Å². The van der Waals surface area contributed by atoms with Crippen LogP contribution in [0.2, 0.25) is 0 Å². The van der Waals surface area contributed by atoms with E-state index in [1.807, 2.05) is 32.9 Å². The molecule has 0 atom stereocenters. The number of anilines is 1. The van der Waals surface area contributed by atoms with Gasteiger partial charge in [0, 0.05) is 11.3 Å². The maximum absolute atomic E-state index is 13.9. The molecule has 2 aromatic heterocycles. The van der Waals surface area contributed by atoms with E-state index in [-0.39, 0.29) is 36.0 Å². The Balaban J connectivity index is 1.57. The molecule has 4 aromatic rings. The van der Waals surface area contributed by atoms with Crippen molar-refractivity contribution >= 4 is 22.8 Å². The highest BCUT2D eigenvalue weighted by atomic mass is 19.1. The van der Waals surface area contributed by atoms with Crippen LogP contribution in [0.15, 0.2) is 47.5 Å². The molecule has 0 fully saturated rings. The van der Waals surface area contributed by atoms with E-state index in [1.54, 1.807) is 18.2 Å². The van der Waals surface area contributed by atoms with Gasteiger partial charge in [-0.05, 0) is 38.0 Å². The number of fused-ring (bicyclic) bond motifs is 1. The summed E-state index contributed by atoms with van der Waals surface area (Å²) in [6.07, 6.45) is 1.28. The van der Waals surface area contributed by atoms with Crippen LogP contribution in [0.5, 0.6) is 0 Å². The predicted molar refractivity (Wildman–Crippen MR) is 114 cm³/mol. The lowest BCUT2D eigenvalue weighted by molar-refractivity contribution is -0.116. The molecule has 1 amide bonds. The molecule has 31 heavy (non-hydrogen) atoms. The van der Waals surface area contributed by atoms with Gasteiger partial charge < -0.3 is 5.32 Å². The molecule has 9 heteroatoms. The summed E-state index contributed by atoms with van der Waals surface area (Å²) in [5.41, 5.74) is 3.90. The van der Waals surface area contributed by atoms with Gasteiger partial charge in [-0.2, -0.15) is 0 Å².